The van der Waals surface area contributed by atoms with E-state index >= 15 is 0 Å². The molecule has 0 amide bonds. The largest absolute Gasteiger partial charge is 0.341 e. The lowest BCUT2D eigenvalue weighted by molar-refractivity contribution is 0.295. The van der Waals surface area contributed by atoms with Gasteiger partial charge in [-0.1, -0.05) is 24.3 Å². The van der Waals surface area contributed by atoms with Crippen LogP contribution >= 0.6 is 0 Å². The molecule has 1 aliphatic carbocycles. The van der Waals surface area contributed by atoms with Gasteiger partial charge in [0.1, 0.15) is 0 Å². The Labute approximate surface area is 140 Å². The van der Waals surface area contributed by atoms with Gasteiger partial charge in [0.15, 0.2) is 0 Å². The second-order valence-electron chi connectivity index (χ2n) is 5.99. The summed E-state index contributed by atoms with van der Waals surface area (Å²) in [6.07, 6.45) is 4.64. The first kappa shape index (κ1) is 16.8. The van der Waals surface area contributed by atoms with Crippen molar-refractivity contribution in [2.75, 3.05) is 24.9 Å². The zero-order chi connectivity index (χ0) is 16.9. The number of rotatable bonds is 3. The Kier molecular flexibility index (Phi) is 5.35. The lowest BCUT2D eigenvalue weighted by Gasteiger charge is -2.31. The third kappa shape index (κ3) is 3.38. The number of anilines is 1. The first-order valence-electron chi connectivity index (χ1n) is 8.33. The van der Waals surface area contributed by atoms with Gasteiger partial charge in [0, 0.05) is 36.5 Å². The van der Waals surface area contributed by atoms with Crippen LogP contribution in [0.1, 0.15) is 29.7 Å². The highest BCUT2D eigenvalue weighted by atomic mass is 19.3. The van der Waals surface area contributed by atoms with E-state index in [0.29, 0.717) is 6.54 Å². The predicted octanol–water partition coefficient (Wildman–Crippen LogP) is 3.18. The van der Waals surface area contributed by atoms with Crippen LogP contribution in [0.2, 0.25) is 0 Å². The van der Waals surface area contributed by atoms with Crippen molar-refractivity contribution in [1.29, 1.82) is 0 Å². The minimum Gasteiger partial charge on any atom is -0.341 e. The van der Waals surface area contributed by atoms with Crippen LogP contribution in [-0.4, -0.2) is 30.0 Å². The fraction of sp³-hybridized carbons (Fsp3) is 0.444. The minimum atomic E-state index is -1.75. The van der Waals surface area contributed by atoms with Crippen molar-refractivity contribution in [3.8, 4) is 11.3 Å². The van der Waals surface area contributed by atoms with Gasteiger partial charge in [0.2, 0.25) is 12.9 Å². The topological polar surface area (TPSA) is 55.0 Å². The molecule has 0 spiro atoms. The SMILES string of the molecule is FCF.NCc1ccc(-c2nc(N3CCC3)nc3c2CCC3)cc1. The summed E-state index contributed by atoms with van der Waals surface area (Å²) in [7, 11) is 0. The second kappa shape index (κ2) is 7.66. The second-order valence-corrected chi connectivity index (χ2v) is 5.99. The molecule has 2 heterocycles. The van der Waals surface area contributed by atoms with Crippen LogP contribution in [0, 0.1) is 0 Å². The molecular formula is C18H22F2N4. The zero-order valence-corrected chi connectivity index (χ0v) is 13.6. The molecule has 0 unspecified atom stereocenters. The quantitative estimate of drug-likeness (QED) is 0.938. The van der Waals surface area contributed by atoms with E-state index in [9.17, 15) is 8.78 Å². The molecule has 2 aliphatic rings. The number of hydrogen-bond donors (Lipinski definition) is 1. The Morgan fingerprint density at radius 3 is 2.29 bits per heavy atom. The smallest absolute Gasteiger partial charge is 0.229 e. The van der Waals surface area contributed by atoms with Gasteiger partial charge in [-0.05, 0) is 31.2 Å². The standard InChI is InChI=1S/C17H20N4.CH2F2/c18-11-12-5-7-13(8-6-12)16-14-3-1-4-15(14)19-17(20-16)21-9-2-10-21;2-1-3/h5-8H,1-4,9-11,18H2;1H2. The number of aromatic nitrogens is 2. The summed E-state index contributed by atoms with van der Waals surface area (Å²) < 4.78 is 19.2. The number of nitrogens with zero attached hydrogens (tertiary/aromatic N) is 3. The number of hydrogen-bond acceptors (Lipinski definition) is 4. The Balaban J connectivity index is 0.000000526. The van der Waals surface area contributed by atoms with Crippen LogP contribution in [0.3, 0.4) is 0 Å². The Morgan fingerprint density at radius 1 is 1.00 bits per heavy atom. The maximum atomic E-state index is 9.62. The molecule has 0 radical (unpaired) electrons. The van der Waals surface area contributed by atoms with Gasteiger partial charge < -0.3 is 10.6 Å². The fourth-order valence-corrected chi connectivity index (χ4v) is 3.11. The van der Waals surface area contributed by atoms with Gasteiger partial charge in [0.05, 0.1) is 5.69 Å². The van der Waals surface area contributed by atoms with Crippen LogP contribution < -0.4 is 10.6 Å². The Morgan fingerprint density at radius 2 is 1.71 bits per heavy atom. The maximum Gasteiger partial charge on any atom is 0.229 e. The number of fused-ring (bicyclic) bond motifs is 1. The van der Waals surface area contributed by atoms with Crippen molar-refractivity contribution in [2.24, 2.45) is 5.73 Å². The molecule has 4 nitrogen and oxygen atoms in total. The minimum absolute atomic E-state index is 0.585. The van der Waals surface area contributed by atoms with Crippen LogP contribution in [0.4, 0.5) is 14.7 Å². The summed E-state index contributed by atoms with van der Waals surface area (Å²) in [4.78, 5) is 11.9. The van der Waals surface area contributed by atoms with E-state index in [1.165, 1.54) is 29.7 Å². The Hall–Kier alpha value is -2.08. The monoisotopic (exact) mass is 332 g/mol. The number of alkyl halides is 2. The van der Waals surface area contributed by atoms with Crippen molar-refractivity contribution < 1.29 is 8.78 Å². The van der Waals surface area contributed by atoms with Gasteiger partial charge >= 0.3 is 0 Å². The molecule has 2 N–H and O–H groups in total. The van der Waals surface area contributed by atoms with Crippen molar-refractivity contribution in [1.82, 2.24) is 9.97 Å². The fourth-order valence-electron chi connectivity index (χ4n) is 3.11. The summed E-state index contributed by atoms with van der Waals surface area (Å²) in [5.74, 6) is 0.916. The normalized spacial score (nSPS) is 15.4. The van der Waals surface area contributed by atoms with Gasteiger partial charge in [-0.15, -0.1) is 0 Å². The van der Waals surface area contributed by atoms with Gasteiger partial charge in [0.25, 0.3) is 0 Å². The summed E-state index contributed by atoms with van der Waals surface area (Å²) in [6, 6.07) is 8.48. The third-order valence-corrected chi connectivity index (χ3v) is 4.52. The van der Waals surface area contributed by atoms with E-state index < -0.39 is 6.93 Å². The lowest BCUT2D eigenvalue weighted by atomic mass is 10.0. The van der Waals surface area contributed by atoms with Gasteiger partial charge in [-0.2, -0.15) is 0 Å². The van der Waals surface area contributed by atoms with Crippen LogP contribution in [-0.2, 0) is 19.4 Å². The molecule has 1 fully saturated rings. The summed E-state index contributed by atoms with van der Waals surface area (Å²) in [5, 5.41) is 0. The molecule has 6 heteroatoms. The molecule has 1 aliphatic heterocycles. The highest BCUT2D eigenvalue weighted by Gasteiger charge is 2.24. The molecular weight excluding hydrogens is 310 g/mol. The number of benzene rings is 1. The van der Waals surface area contributed by atoms with Gasteiger partial charge in [-0.25, -0.2) is 18.7 Å². The molecule has 0 saturated carbocycles. The summed E-state index contributed by atoms with van der Waals surface area (Å²) >= 11 is 0. The molecule has 2 aromatic rings. The van der Waals surface area contributed by atoms with Crippen LogP contribution in [0.5, 0.6) is 0 Å². The third-order valence-electron chi connectivity index (χ3n) is 4.52. The lowest BCUT2D eigenvalue weighted by Crippen LogP contribution is -2.38. The average Bonchev–Trinajstić information content (AvgIpc) is 3.02. The molecule has 1 aromatic heterocycles. The summed E-state index contributed by atoms with van der Waals surface area (Å²) in [6.45, 7) is 1.01. The van der Waals surface area contributed by atoms with Crippen LogP contribution in [0.15, 0.2) is 24.3 Å². The first-order valence-corrected chi connectivity index (χ1v) is 8.33. The molecule has 24 heavy (non-hydrogen) atoms. The first-order chi connectivity index (χ1) is 11.8. The summed E-state index contributed by atoms with van der Waals surface area (Å²) in [5.41, 5.74) is 11.8. The molecule has 1 aromatic carbocycles. The Bertz CT molecular complexity index is 684. The van der Waals surface area contributed by atoms with E-state index in [0.717, 1.165) is 43.1 Å². The molecule has 0 atom stereocenters. The molecule has 1 saturated heterocycles. The average molecular weight is 332 g/mol. The molecule has 0 bridgehead atoms. The number of aryl methyl sites for hydroxylation is 1. The zero-order valence-electron chi connectivity index (χ0n) is 13.6. The molecule has 4 rings (SSSR count). The van der Waals surface area contributed by atoms with Crippen molar-refractivity contribution in [2.45, 2.75) is 32.2 Å². The van der Waals surface area contributed by atoms with Gasteiger partial charge in [-0.3, -0.25) is 0 Å². The van der Waals surface area contributed by atoms with E-state index in [-0.39, 0.29) is 0 Å². The van der Waals surface area contributed by atoms with Crippen molar-refractivity contribution in [3.05, 3.63) is 41.1 Å². The van der Waals surface area contributed by atoms with E-state index in [1.807, 2.05) is 0 Å². The number of nitrogens with two attached hydrogens (primary N) is 1. The predicted molar refractivity (Wildman–Crippen MR) is 91.3 cm³/mol. The van der Waals surface area contributed by atoms with Crippen LogP contribution in [0.25, 0.3) is 11.3 Å². The maximum absolute atomic E-state index is 9.62. The van der Waals surface area contributed by atoms with Crippen molar-refractivity contribution >= 4 is 5.95 Å². The molecule has 128 valence electrons. The van der Waals surface area contributed by atoms with E-state index in [4.69, 9.17) is 15.7 Å². The highest BCUT2D eigenvalue weighted by molar-refractivity contribution is 5.66. The highest BCUT2D eigenvalue weighted by Crippen LogP contribution is 2.32. The van der Waals surface area contributed by atoms with E-state index in [1.54, 1.807) is 0 Å². The number of halogens is 2. The van der Waals surface area contributed by atoms with E-state index in [2.05, 4.69) is 29.2 Å². The van der Waals surface area contributed by atoms with Crippen molar-refractivity contribution in [3.63, 3.8) is 0 Å².